The molecule has 0 spiro atoms. The highest BCUT2D eigenvalue weighted by atomic mass is 19.4. The molecule has 2 aromatic rings. The molecule has 0 atom stereocenters. The summed E-state index contributed by atoms with van der Waals surface area (Å²) in [5.74, 6) is -2.69. The fourth-order valence-electron chi connectivity index (χ4n) is 2.06. The van der Waals surface area contributed by atoms with E-state index in [2.05, 4.69) is 9.84 Å². The quantitative estimate of drug-likeness (QED) is 0.373. The lowest BCUT2D eigenvalue weighted by Crippen LogP contribution is -2.35. The van der Waals surface area contributed by atoms with E-state index in [4.69, 9.17) is 0 Å². The van der Waals surface area contributed by atoms with Crippen LogP contribution in [-0.4, -0.2) is 22.4 Å². The molecule has 0 N–H and O–H groups in total. The van der Waals surface area contributed by atoms with Crippen molar-refractivity contribution in [2.75, 3.05) is 6.61 Å². The van der Waals surface area contributed by atoms with Crippen LogP contribution in [0.4, 0.5) is 17.6 Å². The van der Waals surface area contributed by atoms with Gasteiger partial charge in [0.1, 0.15) is 11.8 Å². The van der Waals surface area contributed by atoms with E-state index in [9.17, 15) is 27.6 Å². The number of hydrogen-bond acceptors (Lipinski definition) is 4. The maximum Gasteiger partial charge on any atom is 0.457 e. The first kappa shape index (κ1) is 16.7. The van der Waals surface area contributed by atoms with E-state index in [1.54, 1.807) is 0 Å². The molecule has 0 unspecified atom stereocenters. The molecule has 2 aromatic heterocycles. The fraction of sp³-hybridized carbons (Fsp3) is 0.308. The maximum absolute atomic E-state index is 13.3. The number of hydrogen-bond donors (Lipinski definition) is 0. The van der Waals surface area contributed by atoms with Gasteiger partial charge in [0.25, 0.3) is 5.69 Å². The lowest BCUT2D eigenvalue weighted by Gasteiger charge is -2.12. The number of nitrogens with zero attached hydrogens (tertiary/aromatic N) is 3. The fourth-order valence-corrected chi connectivity index (χ4v) is 2.06. The van der Waals surface area contributed by atoms with Crippen LogP contribution < -0.4 is 4.73 Å². The van der Waals surface area contributed by atoms with Gasteiger partial charge in [0.15, 0.2) is 5.82 Å². The Balaban J connectivity index is 2.72. The molecule has 2 rings (SSSR count). The third-order valence-electron chi connectivity index (χ3n) is 2.89. The molecule has 0 aromatic carbocycles. The normalized spacial score (nSPS) is 11.6. The van der Waals surface area contributed by atoms with Crippen molar-refractivity contribution in [2.45, 2.75) is 20.0 Å². The first-order valence-corrected chi connectivity index (χ1v) is 6.38. The Morgan fingerprint density at radius 1 is 1.48 bits per heavy atom. The van der Waals surface area contributed by atoms with E-state index in [0.717, 1.165) is 6.07 Å². The predicted molar refractivity (Wildman–Crippen MR) is 68.2 cm³/mol. The Kier molecular flexibility index (Phi) is 4.26. The summed E-state index contributed by atoms with van der Waals surface area (Å²) in [7, 11) is 0. The summed E-state index contributed by atoms with van der Waals surface area (Å²) in [6.45, 7) is 2.56. The van der Waals surface area contributed by atoms with Crippen molar-refractivity contribution in [2.24, 2.45) is 0 Å². The molecule has 0 bridgehead atoms. The largest absolute Gasteiger partial charge is 0.710 e. The summed E-state index contributed by atoms with van der Waals surface area (Å²) >= 11 is 0. The third kappa shape index (κ3) is 3.10. The number of carbonyl (C=O) groups excluding carboxylic acids is 1. The highest BCUT2D eigenvalue weighted by Gasteiger charge is 2.46. The van der Waals surface area contributed by atoms with Gasteiger partial charge in [-0.15, -0.1) is 0 Å². The average Bonchev–Trinajstić information content (AvgIpc) is 2.82. The summed E-state index contributed by atoms with van der Waals surface area (Å²) < 4.78 is 57.8. The second-order valence-corrected chi connectivity index (χ2v) is 4.53. The molecule has 2 heterocycles. The average molecular weight is 333 g/mol. The third-order valence-corrected chi connectivity index (χ3v) is 2.89. The molecule has 0 aliphatic rings. The number of halogens is 4. The van der Waals surface area contributed by atoms with E-state index >= 15 is 0 Å². The number of rotatable bonds is 3. The minimum absolute atomic E-state index is 0.0796. The summed E-state index contributed by atoms with van der Waals surface area (Å²) in [5.41, 5.74) is -2.37. The van der Waals surface area contributed by atoms with Gasteiger partial charge in [0.2, 0.25) is 0 Å². The highest BCUT2D eigenvalue weighted by Crippen LogP contribution is 2.34. The van der Waals surface area contributed by atoms with E-state index < -0.39 is 35.0 Å². The first-order chi connectivity index (χ1) is 10.7. The van der Waals surface area contributed by atoms with Crippen molar-refractivity contribution in [3.63, 3.8) is 0 Å². The number of esters is 1. The van der Waals surface area contributed by atoms with Gasteiger partial charge in [-0.3, -0.25) is 0 Å². The zero-order valence-electron chi connectivity index (χ0n) is 12.0. The van der Waals surface area contributed by atoms with Crippen LogP contribution in [0.2, 0.25) is 0 Å². The van der Waals surface area contributed by atoms with Gasteiger partial charge < -0.3 is 9.94 Å². The van der Waals surface area contributed by atoms with Crippen LogP contribution in [0.3, 0.4) is 0 Å². The summed E-state index contributed by atoms with van der Waals surface area (Å²) in [6.07, 6.45) is -3.86. The van der Waals surface area contributed by atoms with Gasteiger partial charge in [-0.2, -0.15) is 13.2 Å². The van der Waals surface area contributed by atoms with E-state index in [0.29, 0.717) is 12.4 Å². The van der Waals surface area contributed by atoms with Crippen molar-refractivity contribution in [1.29, 1.82) is 0 Å². The molecule has 0 saturated carbocycles. The van der Waals surface area contributed by atoms with Gasteiger partial charge in [0.05, 0.1) is 12.8 Å². The molecule has 0 aliphatic heterocycles. The molecular formula is C13H11F4N3O3. The highest BCUT2D eigenvalue weighted by molar-refractivity contribution is 5.90. The van der Waals surface area contributed by atoms with Crippen LogP contribution in [0, 0.1) is 17.9 Å². The van der Waals surface area contributed by atoms with E-state index in [-0.39, 0.29) is 21.6 Å². The Hall–Kier alpha value is -2.65. The first-order valence-electron chi connectivity index (χ1n) is 6.38. The molecular weight excluding hydrogens is 322 g/mol. The van der Waals surface area contributed by atoms with Crippen LogP contribution in [0.15, 0.2) is 18.5 Å². The second kappa shape index (κ2) is 5.86. The Morgan fingerprint density at radius 2 is 2.13 bits per heavy atom. The van der Waals surface area contributed by atoms with Crippen LogP contribution >= 0.6 is 0 Å². The molecule has 0 aliphatic carbocycles. The van der Waals surface area contributed by atoms with Crippen molar-refractivity contribution >= 4 is 5.97 Å². The topological polar surface area (TPSA) is 71.1 Å². The minimum Gasteiger partial charge on any atom is -0.710 e. The van der Waals surface area contributed by atoms with Gasteiger partial charge in [-0.25, -0.2) is 13.9 Å². The molecule has 124 valence electrons. The number of ether oxygens (including phenoxy) is 1. The smallest absolute Gasteiger partial charge is 0.457 e. The van der Waals surface area contributed by atoms with Crippen molar-refractivity contribution < 1.29 is 31.8 Å². The van der Waals surface area contributed by atoms with Crippen LogP contribution in [-0.2, 0) is 10.9 Å². The Labute approximate surface area is 127 Å². The standard InChI is InChI=1S/C13H11F4N3O3/c1-3-23-12(21)9-5-18-20(10(9)13(15,16)17)11-7(2)4-8(14)6-19(11)22/h4-6H,3H2,1-2H3. The summed E-state index contributed by atoms with van der Waals surface area (Å²) in [6, 6.07) is 0.885. The maximum atomic E-state index is 13.3. The Morgan fingerprint density at radius 3 is 2.65 bits per heavy atom. The van der Waals surface area contributed by atoms with Crippen LogP contribution in [0.5, 0.6) is 0 Å². The molecule has 0 radical (unpaired) electrons. The van der Waals surface area contributed by atoms with Crippen molar-refractivity contribution in [3.8, 4) is 5.82 Å². The zero-order valence-corrected chi connectivity index (χ0v) is 12.0. The second-order valence-electron chi connectivity index (χ2n) is 4.53. The molecule has 10 heteroatoms. The molecule has 0 amide bonds. The monoisotopic (exact) mass is 333 g/mol. The number of carbonyl (C=O) groups is 1. The van der Waals surface area contributed by atoms with E-state index in [1.807, 2.05) is 0 Å². The SMILES string of the molecule is CCOC(=O)c1cnn(-c2c(C)cc(F)c[n+]2[O-])c1C(F)(F)F. The summed E-state index contributed by atoms with van der Waals surface area (Å²) in [5, 5.41) is 15.2. The van der Waals surface area contributed by atoms with Crippen LogP contribution in [0.25, 0.3) is 5.82 Å². The molecule has 0 fully saturated rings. The van der Waals surface area contributed by atoms with Gasteiger partial charge in [-0.05, 0) is 19.9 Å². The van der Waals surface area contributed by atoms with E-state index in [1.165, 1.54) is 13.8 Å². The number of aromatic nitrogens is 3. The zero-order chi connectivity index (χ0) is 17.4. The minimum atomic E-state index is -4.98. The predicted octanol–water partition coefficient (Wildman–Crippen LogP) is 2.15. The van der Waals surface area contributed by atoms with Crippen LogP contribution in [0.1, 0.15) is 28.5 Å². The summed E-state index contributed by atoms with van der Waals surface area (Å²) in [4.78, 5) is 11.7. The molecule has 6 nitrogen and oxygen atoms in total. The van der Waals surface area contributed by atoms with Gasteiger partial charge in [-0.1, -0.05) is 9.78 Å². The molecule has 0 saturated heterocycles. The number of alkyl halides is 3. The lowest BCUT2D eigenvalue weighted by molar-refractivity contribution is -0.602. The van der Waals surface area contributed by atoms with Crippen molar-refractivity contribution in [3.05, 3.63) is 46.3 Å². The van der Waals surface area contributed by atoms with Crippen molar-refractivity contribution in [1.82, 2.24) is 9.78 Å². The number of pyridine rings is 1. The van der Waals surface area contributed by atoms with Gasteiger partial charge >= 0.3 is 18.0 Å². The molecule has 23 heavy (non-hydrogen) atoms. The number of aryl methyl sites for hydroxylation is 1. The Bertz CT molecular complexity index is 732. The van der Waals surface area contributed by atoms with Gasteiger partial charge in [0, 0.05) is 5.56 Å². The lowest BCUT2D eigenvalue weighted by atomic mass is 10.2.